The van der Waals surface area contributed by atoms with Gasteiger partial charge in [0.05, 0.1) is 11.0 Å². The van der Waals surface area contributed by atoms with Gasteiger partial charge in [-0.25, -0.2) is 4.98 Å². The third-order valence-corrected chi connectivity index (χ3v) is 12.4. The molecule has 5 nitrogen and oxygen atoms in total. The minimum absolute atomic E-state index is 0.536. The van der Waals surface area contributed by atoms with Gasteiger partial charge in [0.2, 0.25) is 5.95 Å². The maximum atomic E-state index is 6.86. The van der Waals surface area contributed by atoms with Crippen LogP contribution in [0.4, 0.5) is 0 Å². The fourth-order valence-corrected chi connectivity index (χ4v) is 9.44. The largest absolute Gasteiger partial charge is 0.455 e. The molecular formula is C57H34N4O. The van der Waals surface area contributed by atoms with Gasteiger partial charge >= 0.3 is 0 Å². The van der Waals surface area contributed by atoms with Gasteiger partial charge < -0.3 is 4.42 Å². The summed E-state index contributed by atoms with van der Waals surface area (Å²) in [5.74, 6) is 1.73. The van der Waals surface area contributed by atoms with Crippen LogP contribution in [0.25, 0.3) is 127 Å². The number of benzene rings is 10. The standard InChI is InChI=1S/C57H34N4O/c1-2-13-35(14-3-1)37-25-28-38(29-26-37)55-58-56(43-30-27-36-15-4-5-16-39(36)31-43)60-57(59-55)61-50-34-41-18-7-6-17-40(41)32-48(50)46-22-12-23-47(53(46)61)52-44-20-9-8-19-42(44)33-49-45-21-10-11-24-51(45)62-54(49)52/h1-34H. The van der Waals surface area contributed by atoms with E-state index < -0.39 is 0 Å². The maximum Gasteiger partial charge on any atom is 0.238 e. The SMILES string of the molecule is c1ccc(-c2ccc(-c3nc(-c4ccc5ccccc5c4)nc(-n4c5cc6ccccc6cc5c5cccc(-c6c7ccccc7cc7c6oc6ccccc67)c54)n3)cc2)cc1. The van der Waals surface area contributed by atoms with Crippen LogP contribution in [-0.2, 0) is 0 Å². The molecule has 0 saturated carbocycles. The molecule has 3 aromatic heterocycles. The number of hydrogen-bond acceptors (Lipinski definition) is 4. The third kappa shape index (κ3) is 5.38. The van der Waals surface area contributed by atoms with E-state index in [0.717, 1.165) is 104 Å². The topological polar surface area (TPSA) is 56.7 Å². The summed E-state index contributed by atoms with van der Waals surface area (Å²) in [6.45, 7) is 0. The molecular weight excluding hydrogens is 757 g/mol. The van der Waals surface area contributed by atoms with Gasteiger partial charge in [-0.15, -0.1) is 0 Å². The molecule has 0 saturated heterocycles. The van der Waals surface area contributed by atoms with E-state index >= 15 is 0 Å². The van der Waals surface area contributed by atoms with E-state index in [1.54, 1.807) is 0 Å². The zero-order valence-corrected chi connectivity index (χ0v) is 33.3. The summed E-state index contributed by atoms with van der Waals surface area (Å²) in [6, 6.07) is 72.8. The number of aromatic nitrogens is 4. The maximum absolute atomic E-state index is 6.86. The van der Waals surface area contributed by atoms with E-state index in [9.17, 15) is 0 Å². The molecule has 13 aromatic rings. The van der Waals surface area contributed by atoms with Crippen LogP contribution in [-0.4, -0.2) is 19.5 Å². The van der Waals surface area contributed by atoms with Crippen LogP contribution in [0.15, 0.2) is 211 Å². The predicted octanol–water partition coefficient (Wildman–Crippen LogP) is 15.0. The summed E-state index contributed by atoms with van der Waals surface area (Å²) in [7, 11) is 0. The fourth-order valence-electron chi connectivity index (χ4n) is 9.44. The molecule has 0 spiro atoms. The molecule has 0 unspecified atom stereocenters. The normalized spacial score (nSPS) is 11.9. The lowest BCUT2D eigenvalue weighted by Crippen LogP contribution is -2.07. The summed E-state index contributed by atoms with van der Waals surface area (Å²) >= 11 is 0. The summed E-state index contributed by atoms with van der Waals surface area (Å²) in [5, 5.41) is 11.2. The van der Waals surface area contributed by atoms with Crippen molar-refractivity contribution in [1.29, 1.82) is 0 Å². The minimum atomic E-state index is 0.536. The first-order valence-corrected chi connectivity index (χ1v) is 20.9. The van der Waals surface area contributed by atoms with Gasteiger partial charge in [0.25, 0.3) is 0 Å². The molecule has 288 valence electrons. The van der Waals surface area contributed by atoms with E-state index in [1.807, 2.05) is 12.1 Å². The molecule has 0 atom stereocenters. The monoisotopic (exact) mass is 790 g/mol. The molecule has 10 aromatic carbocycles. The fraction of sp³-hybridized carbons (Fsp3) is 0. The van der Waals surface area contributed by atoms with Gasteiger partial charge in [-0.3, -0.25) is 4.57 Å². The van der Waals surface area contributed by atoms with Crippen LogP contribution in [0.3, 0.4) is 0 Å². The Kier molecular flexibility index (Phi) is 7.54. The van der Waals surface area contributed by atoms with Gasteiger partial charge in [-0.1, -0.05) is 176 Å². The van der Waals surface area contributed by atoms with Crippen molar-refractivity contribution < 1.29 is 4.42 Å². The van der Waals surface area contributed by atoms with Crippen molar-refractivity contribution in [2.24, 2.45) is 0 Å². The van der Waals surface area contributed by atoms with Crippen molar-refractivity contribution in [3.63, 3.8) is 0 Å². The van der Waals surface area contributed by atoms with Crippen molar-refractivity contribution in [2.75, 3.05) is 0 Å². The Hall–Kier alpha value is -8.41. The second-order valence-electron chi connectivity index (χ2n) is 16.0. The molecule has 0 bridgehead atoms. The van der Waals surface area contributed by atoms with Gasteiger partial charge in [0.15, 0.2) is 11.6 Å². The van der Waals surface area contributed by atoms with Crippen molar-refractivity contribution in [2.45, 2.75) is 0 Å². The molecule has 0 aliphatic rings. The van der Waals surface area contributed by atoms with Crippen molar-refractivity contribution in [3.8, 4) is 51.0 Å². The number of hydrogen-bond donors (Lipinski definition) is 0. The molecule has 0 radical (unpaired) electrons. The number of rotatable bonds is 5. The smallest absolute Gasteiger partial charge is 0.238 e. The zero-order chi connectivity index (χ0) is 40.7. The second-order valence-corrected chi connectivity index (χ2v) is 16.0. The second kappa shape index (κ2) is 13.6. The highest BCUT2D eigenvalue weighted by Crippen LogP contribution is 2.46. The Morgan fingerprint density at radius 2 is 0.935 bits per heavy atom. The predicted molar refractivity (Wildman–Crippen MR) is 256 cm³/mol. The number of nitrogens with zero attached hydrogens (tertiary/aromatic N) is 4. The Morgan fingerprint density at radius 1 is 0.355 bits per heavy atom. The molecule has 5 heteroatoms. The van der Waals surface area contributed by atoms with Gasteiger partial charge in [-0.05, 0) is 73.8 Å². The molecule has 0 fully saturated rings. The van der Waals surface area contributed by atoms with E-state index in [2.05, 4.69) is 199 Å². The number of fused-ring (bicyclic) bond motifs is 9. The lowest BCUT2D eigenvalue weighted by Gasteiger charge is -2.15. The first kappa shape index (κ1) is 34.5. The summed E-state index contributed by atoms with van der Waals surface area (Å²) in [6.07, 6.45) is 0. The summed E-state index contributed by atoms with van der Waals surface area (Å²) in [5.41, 5.74) is 9.89. The summed E-state index contributed by atoms with van der Waals surface area (Å²) in [4.78, 5) is 16.1. The van der Waals surface area contributed by atoms with Gasteiger partial charge in [-0.2, -0.15) is 9.97 Å². The van der Waals surface area contributed by atoms with E-state index in [-0.39, 0.29) is 0 Å². The Labute approximate surface area is 355 Å². The Bertz CT molecular complexity index is 3920. The molecule has 0 amide bonds. The Morgan fingerprint density at radius 3 is 1.74 bits per heavy atom. The lowest BCUT2D eigenvalue weighted by atomic mass is 9.93. The van der Waals surface area contributed by atoms with Crippen LogP contribution in [0.2, 0.25) is 0 Å². The van der Waals surface area contributed by atoms with Crippen LogP contribution in [0, 0.1) is 0 Å². The molecule has 3 heterocycles. The highest BCUT2D eigenvalue weighted by Gasteiger charge is 2.24. The van der Waals surface area contributed by atoms with Crippen LogP contribution >= 0.6 is 0 Å². The molecule has 62 heavy (non-hydrogen) atoms. The van der Waals surface area contributed by atoms with Crippen molar-refractivity contribution in [1.82, 2.24) is 19.5 Å². The average Bonchev–Trinajstić information content (AvgIpc) is 3.87. The van der Waals surface area contributed by atoms with Crippen molar-refractivity contribution >= 4 is 76.1 Å². The average molecular weight is 791 g/mol. The highest BCUT2D eigenvalue weighted by molar-refractivity contribution is 6.23. The van der Waals surface area contributed by atoms with Gasteiger partial charge in [0.1, 0.15) is 11.2 Å². The third-order valence-electron chi connectivity index (χ3n) is 12.4. The molecule has 0 N–H and O–H groups in total. The quantitative estimate of drug-likeness (QED) is 0.174. The highest BCUT2D eigenvalue weighted by atomic mass is 16.3. The van der Waals surface area contributed by atoms with E-state index in [1.165, 1.54) is 5.39 Å². The molecule has 13 rings (SSSR count). The first-order chi connectivity index (χ1) is 30.7. The molecule has 0 aliphatic heterocycles. The van der Waals surface area contributed by atoms with Crippen LogP contribution in [0.5, 0.6) is 0 Å². The number of furan rings is 1. The van der Waals surface area contributed by atoms with E-state index in [0.29, 0.717) is 17.6 Å². The zero-order valence-electron chi connectivity index (χ0n) is 33.3. The summed E-state index contributed by atoms with van der Waals surface area (Å²) < 4.78 is 9.12. The van der Waals surface area contributed by atoms with Crippen LogP contribution in [0.1, 0.15) is 0 Å². The minimum Gasteiger partial charge on any atom is -0.455 e. The lowest BCUT2D eigenvalue weighted by molar-refractivity contribution is 0.670. The first-order valence-electron chi connectivity index (χ1n) is 20.9. The molecule has 0 aliphatic carbocycles. The van der Waals surface area contributed by atoms with Crippen molar-refractivity contribution in [3.05, 3.63) is 206 Å². The Balaban J connectivity index is 1.15. The van der Waals surface area contributed by atoms with E-state index in [4.69, 9.17) is 19.4 Å². The number of para-hydroxylation sites is 2. The van der Waals surface area contributed by atoms with Gasteiger partial charge in [0, 0.05) is 43.8 Å². The van der Waals surface area contributed by atoms with Crippen LogP contribution < -0.4 is 0 Å².